The highest BCUT2D eigenvalue weighted by Gasteiger charge is 2.21. The average molecular weight is 438 g/mol. The second kappa shape index (κ2) is 10.2. The standard InChI is InChI=1S/C25H31N3O4/c1-16(2)31-23-13-21-20(12-22(23)24(26)29)18(6-5-17-7-10-30-11-8-17)14-28-25(21)32-19-4-3-9-27-15-19/h12-14,16-17,19,27H,3-4,7-11,15H2,1-2H3,(H2,26,29). The predicted octanol–water partition coefficient (Wildman–Crippen LogP) is 3.03. The number of carbonyl (C=O) groups is 1. The number of benzene rings is 1. The fraction of sp³-hybridized carbons (Fsp3) is 0.520. The van der Waals surface area contributed by atoms with Crippen molar-refractivity contribution >= 4 is 16.7 Å². The Bertz CT molecular complexity index is 1030. The minimum Gasteiger partial charge on any atom is -0.490 e. The number of rotatable bonds is 5. The van der Waals surface area contributed by atoms with Gasteiger partial charge in [-0.25, -0.2) is 4.98 Å². The predicted molar refractivity (Wildman–Crippen MR) is 123 cm³/mol. The lowest BCUT2D eigenvalue weighted by Crippen LogP contribution is -2.37. The number of nitrogens with zero attached hydrogens (tertiary/aromatic N) is 1. The van der Waals surface area contributed by atoms with Gasteiger partial charge in [-0.2, -0.15) is 0 Å². The summed E-state index contributed by atoms with van der Waals surface area (Å²) in [4.78, 5) is 16.8. The van der Waals surface area contributed by atoms with Gasteiger partial charge in [-0.05, 0) is 58.2 Å². The van der Waals surface area contributed by atoms with Crippen LogP contribution in [0.3, 0.4) is 0 Å². The number of amides is 1. The lowest BCUT2D eigenvalue weighted by atomic mass is 9.99. The molecule has 1 aromatic carbocycles. The van der Waals surface area contributed by atoms with E-state index < -0.39 is 5.91 Å². The van der Waals surface area contributed by atoms with E-state index in [0.717, 1.165) is 68.3 Å². The van der Waals surface area contributed by atoms with E-state index in [-0.39, 0.29) is 12.2 Å². The summed E-state index contributed by atoms with van der Waals surface area (Å²) in [7, 11) is 0. The molecular formula is C25H31N3O4. The monoisotopic (exact) mass is 437 g/mol. The van der Waals surface area contributed by atoms with Crippen LogP contribution in [0.1, 0.15) is 55.5 Å². The number of ether oxygens (including phenoxy) is 3. The summed E-state index contributed by atoms with van der Waals surface area (Å²) in [6, 6.07) is 3.57. The highest BCUT2D eigenvalue weighted by molar-refractivity contribution is 6.03. The number of piperidine rings is 1. The van der Waals surface area contributed by atoms with Crippen molar-refractivity contribution in [2.45, 2.75) is 51.7 Å². The summed E-state index contributed by atoms with van der Waals surface area (Å²) >= 11 is 0. The first-order valence-electron chi connectivity index (χ1n) is 11.4. The van der Waals surface area contributed by atoms with Crippen LogP contribution in [0.25, 0.3) is 10.8 Å². The zero-order chi connectivity index (χ0) is 22.5. The first kappa shape index (κ1) is 22.4. The van der Waals surface area contributed by atoms with E-state index in [4.69, 9.17) is 19.9 Å². The summed E-state index contributed by atoms with van der Waals surface area (Å²) in [5.74, 6) is 7.35. The SMILES string of the molecule is CC(C)Oc1cc2c(OC3CCCNC3)ncc(C#CC3CCOCC3)c2cc1C(N)=O. The Balaban J connectivity index is 1.79. The van der Waals surface area contributed by atoms with Gasteiger partial charge in [-0.15, -0.1) is 0 Å². The number of pyridine rings is 1. The van der Waals surface area contributed by atoms with Crippen molar-refractivity contribution in [3.63, 3.8) is 0 Å². The number of hydrogen-bond acceptors (Lipinski definition) is 6. The third kappa shape index (κ3) is 5.32. The molecule has 1 aromatic heterocycles. The highest BCUT2D eigenvalue weighted by Crippen LogP contribution is 2.34. The fourth-order valence-corrected chi connectivity index (χ4v) is 4.08. The molecule has 2 aliphatic heterocycles. The van der Waals surface area contributed by atoms with Crippen LogP contribution in [-0.2, 0) is 4.74 Å². The van der Waals surface area contributed by atoms with Gasteiger partial charge in [0.15, 0.2) is 0 Å². The third-order valence-corrected chi connectivity index (χ3v) is 5.74. The number of hydrogen-bond donors (Lipinski definition) is 2. The molecule has 170 valence electrons. The Morgan fingerprint density at radius 2 is 2.06 bits per heavy atom. The van der Waals surface area contributed by atoms with Crippen LogP contribution >= 0.6 is 0 Å². The van der Waals surface area contributed by atoms with Crippen LogP contribution in [-0.4, -0.2) is 49.4 Å². The summed E-state index contributed by atoms with van der Waals surface area (Å²) in [6.45, 7) is 7.08. The van der Waals surface area contributed by atoms with Gasteiger partial charge in [0.05, 0.1) is 17.2 Å². The lowest BCUT2D eigenvalue weighted by Gasteiger charge is -2.24. The Morgan fingerprint density at radius 1 is 1.25 bits per heavy atom. The molecule has 2 aromatic rings. The number of nitrogens with two attached hydrogens (primary N) is 1. The molecule has 3 N–H and O–H groups in total. The van der Waals surface area contributed by atoms with Crippen molar-refractivity contribution < 1.29 is 19.0 Å². The van der Waals surface area contributed by atoms with Gasteiger partial charge in [0.1, 0.15) is 11.9 Å². The zero-order valence-electron chi connectivity index (χ0n) is 18.8. The molecule has 0 bridgehead atoms. The number of nitrogens with one attached hydrogen (secondary N) is 1. The second-order valence-electron chi connectivity index (χ2n) is 8.64. The van der Waals surface area contributed by atoms with Crippen LogP contribution in [0.2, 0.25) is 0 Å². The molecule has 7 nitrogen and oxygen atoms in total. The molecular weight excluding hydrogens is 406 g/mol. The summed E-state index contributed by atoms with van der Waals surface area (Å²) in [6.07, 6.45) is 5.54. The summed E-state index contributed by atoms with van der Waals surface area (Å²) < 4.78 is 17.6. The largest absolute Gasteiger partial charge is 0.490 e. The van der Waals surface area contributed by atoms with E-state index in [2.05, 4.69) is 22.1 Å². The summed E-state index contributed by atoms with van der Waals surface area (Å²) in [5, 5.41) is 4.93. The molecule has 0 spiro atoms. The summed E-state index contributed by atoms with van der Waals surface area (Å²) in [5.41, 5.74) is 6.77. The van der Waals surface area contributed by atoms with Crippen LogP contribution in [0.15, 0.2) is 18.3 Å². The molecule has 1 unspecified atom stereocenters. The van der Waals surface area contributed by atoms with E-state index >= 15 is 0 Å². The van der Waals surface area contributed by atoms with Gasteiger partial charge >= 0.3 is 0 Å². The molecule has 2 fully saturated rings. The fourth-order valence-electron chi connectivity index (χ4n) is 4.08. The van der Waals surface area contributed by atoms with Gasteiger partial charge in [0, 0.05) is 42.6 Å². The number of carbonyl (C=O) groups excluding carboxylic acids is 1. The molecule has 2 saturated heterocycles. The first-order chi connectivity index (χ1) is 15.5. The van der Waals surface area contributed by atoms with E-state index in [1.807, 2.05) is 19.9 Å². The normalized spacial score (nSPS) is 19.4. The van der Waals surface area contributed by atoms with E-state index in [1.54, 1.807) is 12.3 Å². The van der Waals surface area contributed by atoms with Gasteiger partial charge in [0.25, 0.3) is 5.91 Å². The number of primary amides is 1. The first-order valence-corrected chi connectivity index (χ1v) is 11.4. The van der Waals surface area contributed by atoms with Crippen molar-refractivity contribution in [2.75, 3.05) is 26.3 Å². The molecule has 0 radical (unpaired) electrons. The number of fused-ring (bicyclic) bond motifs is 1. The quantitative estimate of drug-likeness (QED) is 0.698. The van der Waals surface area contributed by atoms with Crippen LogP contribution < -0.4 is 20.5 Å². The maximum absolute atomic E-state index is 12.2. The molecule has 3 heterocycles. The van der Waals surface area contributed by atoms with Crippen molar-refractivity contribution in [3.05, 3.63) is 29.5 Å². The molecule has 4 rings (SSSR count). The molecule has 0 aliphatic carbocycles. The Hall–Kier alpha value is -2.82. The minimum absolute atomic E-state index is 0.0453. The van der Waals surface area contributed by atoms with Crippen molar-refractivity contribution in [2.24, 2.45) is 11.7 Å². The van der Waals surface area contributed by atoms with Crippen molar-refractivity contribution in [3.8, 4) is 23.5 Å². The average Bonchev–Trinajstić information content (AvgIpc) is 2.79. The molecule has 0 saturated carbocycles. The smallest absolute Gasteiger partial charge is 0.252 e. The number of aromatic nitrogens is 1. The second-order valence-corrected chi connectivity index (χ2v) is 8.64. The van der Waals surface area contributed by atoms with E-state index in [1.165, 1.54) is 0 Å². The highest BCUT2D eigenvalue weighted by atomic mass is 16.5. The van der Waals surface area contributed by atoms with Gasteiger partial charge in [0.2, 0.25) is 5.88 Å². The van der Waals surface area contributed by atoms with E-state index in [0.29, 0.717) is 23.1 Å². The minimum atomic E-state index is -0.540. The Kier molecular flexibility index (Phi) is 7.13. The van der Waals surface area contributed by atoms with Crippen molar-refractivity contribution in [1.82, 2.24) is 10.3 Å². The van der Waals surface area contributed by atoms with Crippen LogP contribution in [0, 0.1) is 17.8 Å². The molecule has 2 aliphatic rings. The van der Waals surface area contributed by atoms with E-state index in [9.17, 15) is 4.79 Å². The van der Waals surface area contributed by atoms with Gasteiger partial charge in [-0.1, -0.05) is 11.8 Å². The Labute approximate surface area is 189 Å². The topological polar surface area (TPSA) is 95.7 Å². The Morgan fingerprint density at radius 3 is 2.75 bits per heavy atom. The third-order valence-electron chi connectivity index (χ3n) is 5.74. The van der Waals surface area contributed by atoms with Crippen LogP contribution in [0.4, 0.5) is 0 Å². The zero-order valence-corrected chi connectivity index (χ0v) is 18.8. The maximum atomic E-state index is 12.2. The van der Waals surface area contributed by atoms with Crippen molar-refractivity contribution in [1.29, 1.82) is 0 Å². The molecule has 1 amide bonds. The maximum Gasteiger partial charge on any atom is 0.252 e. The molecule has 32 heavy (non-hydrogen) atoms. The molecule has 7 heteroatoms. The lowest BCUT2D eigenvalue weighted by molar-refractivity contribution is 0.0807. The molecule has 1 atom stereocenters. The van der Waals surface area contributed by atoms with Gasteiger partial charge in [-0.3, -0.25) is 4.79 Å². The van der Waals surface area contributed by atoms with Gasteiger partial charge < -0.3 is 25.3 Å². The van der Waals surface area contributed by atoms with Crippen LogP contribution in [0.5, 0.6) is 11.6 Å².